The number of hydrogen-bond acceptors (Lipinski definition) is 8. The molecule has 0 bridgehead atoms. The van der Waals surface area contributed by atoms with Gasteiger partial charge in [-0.3, -0.25) is 14.4 Å². The van der Waals surface area contributed by atoms with E-state index in [4.69, 9.17) is 4.74 Å². The zero-order chi connectivity index (χ0) is 25.3. The van der Waals surface area contributed by atoms with Gasteiger partial charge in [-0.25, -0.2) is 4.79 Å². The van der Waals surface area contributed by atoms with Crippen LogP contribution in [0.3, 0.4) is 0 Å². The van der Waals surface area contributed by atoms with E-state index in [-0.39, 0.29) is 23.6 Å². The average Bonchev–Trinajstić information content (AvgIpc) is 2.74. The molecule has 0 fully saturated rings. The monoisotopic (exact) mass is 483 g/mol. The molecule has 0 heterocycles. The van der Waals surface area contributed by atoms with Gasteiger partial charge in [0.2, 0.25) is 11.8 Å². The van der Waals surface area contributed by atoms with E-state index < -0.39 is 48.1 Å². The van der Waals surface area contributed by atoms with Crippen LogP contribution in [0.4, 0.5) is 4.79 Å². The normalized spacial score (nSPS) is 12.8. The number of benzene rings is 1. The third-order valence-corrected chi connectivity index (χ3v) is 4.92. The Hall–Kier alpha value is -2.95. The number of nitrogens with one attached hydrogen (secondary N) is 2. The van der Waals surface area contributed by atoms with Crippen LogP contribution in [0.15, 0.2) is 18.2 Å². The molecular formula is C22H33N3O7S. The van der Waals surface area contributed by atoms with Crippen molar-refractivity contribution in [2.24, 2.45) is 0 Å². The van der Waals surface area contributed by atoms with Crippen molar-refractivity contribution in [2.75, 3.05) is 26.0 Å². The molecule has 2 atom stereocenters. The fourth-order valence-electron chi connectivity index (χ4n) is 2.98. The van der Waals surface area contributed by atoms with Crippen LogP contribution in [-0.2, 0) is 23.9 Å². The van der Waals surface area contributed by atoms with E-state index in [0.717, 1.165) is 0 Å². The SMILES string of the molecule is CCN(C(=O)C(CS)NC(=O)OC(C)(C)C)C(C(=O)NCC(=O)OC)c1cccc(C)c1O. The molecule has 2 unspecified atom stereocenters. The number of carbonyl (C=O) groups is 4. The molecule has 11 heteroatoms. The first-order valence-corrected chi connectivity index (χ1v) is 11.0. The summed E-state index contributed by atoms with van der Waals surface area (Å²) in [7, 11) is 1.18. The highest BCUT2D eigenvalue weighted by Gasteiger charge is 2.36. The maximum Gasteiger partial charge on any atom is 0.408 e. The standard InChI is InChI=1S/C22H33N3O7S/c1-7-25(20(29)15(12-33)24-21(30)32-22(3,4)5)17(19(28)23-11-16(26)31-6)14-10-8-9-13(2)18(14)27/h8-10,15,17,27,33H,7,11-12H2,1-6H3,(H,23,28)(H,24,30). The second-order valence-electron chi connectivity index (χ2n) is 8.21. The Morgan fingerprint density at radius 3 is 2.36 bits per heavy atom. The molecule has 184 valence electrons. The van der Waals surface area contributed by atoms with Gasteiger partial charge in [-0.2, -0.15) is 12.6 Å². The minimum atomic E-state index is -1.28. The van der Waals surface area contributed by atoms with Crippen LogP contribution in [0.1, 0.15) is 44.9 Å². The number of alkyl carbamates (subject to hydrolysis) is 1. The number of phenols is 1. The van der Waals surface area contributed by atoms with E-state index in [1.165, 1.54) is 18.1 Å². The van der Waals surface area contributed by atoms with Gasteiger partial charge < -0.3 is 30.1 Å². The summed E-state index contributed by atoms with van der Waals surface area (Å²) in [5.74, 6) is -2.22. The predicted octanol–water partition coefficient (Wildman–Crippen LogP) is 1.70. The van der Waals surface area contributed by atoms with Gasteiger partial charge in [-0.15, -0.1) is 0 Å². The first kappa shape index (κ1) is 28.1. The summed E-state index contributed by atoms with van der Waals surface area (Å²) in [5.41, 5.74) is -0.107. The lowest BCUT2D eigenvalue weighted by atomic mass is 9.99. The van der Waals surface area contributed by atoms with Crippen molar-refractivity contribution in [1.82, 2.24) is 15.5 Å². The molecular weight excluding hydrogens is 450 g/mol. The fourth-order valence-corrected chi connectivity index (χ4v) is 3.23. The van der Waals surface area contributed by atoms with E-state index in [0.29, 0.717) is 5.56 Å². The first-order valence-electron chi connectivity index (χ1n) is 10.4. The van der Waals surface area contributed by atoms with E-state index >= 15 is 0 Å². The van der Waals surface area contributed by atoms with Crippen molar-refractivity contribution in [3.63, 3.8) is 0 Å². The van der Waals surface area contributed by atoms with Gasteiger partial charge in [0.25, 0.3) is 0 Å². The lowest BCUT2D eigenvalue weighted by Crippen LogP contribution is -2.54. The van der Waals surface area contributed by atoms with Crippen LogP contribution in [0.2, 0.25) is 0 Å². The van der Waals surface area contributed by atoms with Crippen LogP contribution in [0, 0.1) is 6.92 Å². The number of methoxy groups -OCH3 is 1. The highest BCUT2D eigenvalue weighted by Crippen LogP contribution is 2.32. The summed E-state index contributed by atoms with van der Waals surface area (Å²) in [6.07, 6.45) is -0.809. The van der Waals surface area contributed by atoms with Crippen molar-refractivity contribution in [2.45, 2.75) is 52.3 Å². The van der Waals surface area contributed by atoms with E-state index in [1.807, 2.05) is 0 Å². The van der Waals surface area contributed by atoms with Gasteiger partial charge in [0.15, 0.2) is 0 Å². The highest BCUT2D eigenvalue weighted by molar-refractivity contribution is 7.80. The number of aryl methyl sites for hydroxylation is 1. The number of thiol groups is 1. The molecule has 0 aliphatic carbocycles. The molecule has 10 nitrogen and oxygen atoms in total. The van der Waals surface area contributed by atoms with Crippen molar-refractivity contribution in [1.29, 1.82) is 0 Å². The molecule has 0 aromatic heterocycles. The van der Waals surface area contributed by atoms with Gasteiger partial charge in [0.05, 0.1) is 7.11 Å². The number of carbonyl (C=O) groups excluding carboxylic acids is 4. The van der Waals surface area contributed by atoms with E-state index in [2.05, 4.69) is 28.0 Å². The summed E-state index contributed by atoms with van der Waals surface area (Å²) in [5, 5.41) is 15.5. The number of phenolic OH excluding ortho intramolecular Hbond substituents is 1. The third kappa shape index (κ3) is 8.16. The number of amides is 3. The molecule has 3 N–H and O–H groups in total. The Morgan fingerprint density at radius 2 is 1.85 bits per heavy atom. The summed E-state index contributed by atoms with van der Waals surface area (Å²) in [6.45, 7) is 7.99. The number of ether oxygens (including phenoxy) is 2. The summed E-state index contributed by atoms with van der Waals surface area (Å²) in [6, 6.07) is 2.41. The number of para-hydroxylation sites is 1. The van der Waals surface area contributed by atoms with Crippen molar-refractivity contribution in [3.05, 3.63) is 29.3 Å². The van der Waals surface area contributed by atoms with Crippen molar-refractivity contribution >= 4 is 36.5 Å². The van der Waals surface area contributed by atoms with Crippen LogP contribution in [-0.4, -0.2) is 71.5 Å². The van der Waals surface area contributed by atoms with Crippen LogP contribution in [0.25, 0.3) is 0 Å². The Balaban J connectivity index is 3.32. The molecule has 3 amide bonds. The molecule has 1 aromatic carbocycles. The number of aromatic hydroxyl groups is 1. The molecule has 0 aliphatic rings. The fraction of sp³-hybridized carbons (Fsp3) is 0.545. The summed E-state index contributed by atoms with van der Waals surface area (Å²) < 4.78 is 9.76. The van der Waals surface area contributed by atoms with Crippen LogP contribution >= 0.6 is 12.6 Å². The number of esters is 1. The van der Waals surface area contributed by atoms with Gasteiger partial charge >= 0.3 is 12.1 Å². The minimum Gasteiger partial charge on any atom is -0.507 e. The predicted molar refractivity (Wildman–Crippen MR) is 125 cm³/mol. The molecule has 0 saturated carbocycles. The Kier molecular flexibility index (Phi) is 10.5. The Bertz CT molecular complexity index is 870. The lowest BCUT2D eigenvalue weighted by molar-refractivity contribution is -0.144. The Morgan fingerprint density at radius 1 is 1.21 bits per heavy atom. The molecule has 0 aliphatic heterocycles. The Labute approximate surface area is 199 Å². The van der Waals surface area contributed by atoms with Gasteiger partial charge in [-0.05, 0) is 40.2 Å². The minimum absolute atomic E-state index is 0.0583. The number of hydrogen-bond donors (Lipinski definition) is 4. The molecule has 0 spiro atoms. The smallest absolute Gasteiger partial charge is 0.408 e. The van der Waals surface area contributed by atoms with Crippen LogP contribution < -0.4 is 10.6 Å². The largest absolute Gasteiger partial charge is 0.507 e. The van der Waals surface area contributed by atoms with Gasteiger partial charge in [0.1, 0.15) is 30.0 Å². The zero-order valence-electron chi connectivity index (χ0n) is 19.8. The van der Waals surface area contributed by atoms with Crippen LogP contribution in [0.5, 0.6) is 5.75 Å². The molecule has 1 aromatic rings. The number of nitrogens with zero attached hydrogens (tertiary/aromatic N) is 1. The highest BCUT2D eigenvalue weighted by atomic mass is 32.1. The molecule has 1 rings (SSSR count). The molecule has 0 radical (unpaired) electrons. The second kappa shape index (κ2) is 12.3. The third-order valence-electron chi connectivity index (χ3n) is 4.55. The van der Waals surface area contributed by atoms with Gasteiger partial charge in [0, 0.05) is 17.9 Å². The first-order chi connectivity index (χ1) is 15.4. The number of rotatable bonds is 9. The van der Waals surface area contributed by atoms with Crippen molar-refractivity contribution in [3.8, 4) is 5.75 Å². The summed E-state index contributed by atoms with van der Waals surface area (Å²) >= 11 is 4.17. The molecule has 33 heavy (non-hydrogen) atoms. The lowest BCUT2D eigenvalue weighted by Gasteiger charge is -2.33. The topological polar surface area (TPSA) is 134 Å². The van der Waals surface area contributed by atoms with E-state index in [1.54, 1.807) is 46.8 Å². The maximum atomic E-state index is 13.4. The quantitative estimate of drug-likeness (QED) is 0.310. The second-order valence-corrected chi connectivity index (χ2v) is 8.58. The zero-order valence-corrected chi connectivity index (χ0v) is 20.7. The number of likely N-dealkylation sites (N-methyl/N-ethyl adjacent to an activating group) is 1. The summed E-state index contributed by atoms with van der Waals surface area (Å²) in [4.78, 5) is 51.4. The van der Waals surface area contributed by atoms with E-state index in [9.17, 15) is 24.3 Å². The maximum absolute atomic E-state index is 13.4. The molecule has 0 saturated heterocycles. The van der Waals surface area contributed by atoms with Gasteiger partial charge in [-0.1, -0.05) is 18.2 Å². The van der Waals surface area contributed by atoms with Crippen molar-refractivity contribution < 1.29 is 33.8 Å². The average molecular weight is 484 g/mol.